The minimum Gasteiger partial charge on any atom is -0.493 e. The molecule has 26 nitrogen and oxygen atoms in total. The van der Waals surface area contributed by atoms with Crippen LogP contribution in [0.5, 0.6) is 11.5 Å². The zero-order valence-electron chi connectivity index (χ0n) is 71.2. The lowest BCUT2D eigenvalue weighted by Crippen LogP contribution is -2.45. The van der Waals surface area contributed by atoms with E-state index in [1.165, 1.54) is 44.6 Å². The second-order valence-electron chi connectivity index (χ2n) is 33.5. The lowest BCUT2D eigenvalue weighted by atomic mass is 9.99. The van der Waals surface area contributed by atoms with Crippen LogP contribution in [0.1, 0.15) is 71.1 Å². The fraction of sp³-hybridized carbons (Fsp3) is 0.358. The van der Waals surface area contributed by atoms with Crippen molar-refractivity contribution in [1.82, 2.24) is 72.5 Å². The number of nitrogens with one attached hydrogen (secondary N) is 1. The predicted octanol–water partition coefficient (Wildman–Crippen LogP) is 13.2. The smallest absolute Gasteiger partial charge is 0.258 e. The minimum absolute atomic E-state index is 0.0477. The van der Waals surface area contributed by atoms with Gasteiger partial charge in [-0.3, -0.25) is 46.6 Å². The molecule has 0 saturated carbocycles. The molecule has 5 fully saturated rings. The van der Waals surface area contributed by atoms with Crippen molar-refractivity contribution in [2.75, 3.05) is 135 Å². The number of hydrogen-bond acceptors (Lipinski definition) is 25. The van der Waals surface area contributed by atoms with E-state index >= 15 is 0 Å². The fourth-order valence-corrected chi connectivity index (χ4v) is 20.8. The largest absolute Gasteiger partial charge is 0.493 e. The molecule has 0 spiro atoms. The third kappa shape index (κ3) is 17.8. The lowest BCUT2D eigenvalue weighted by molar-refractivity contribution is 0.194. The summed E-state index contributed by atoms with van der Waals surface area (Å²) in [5, 5.41) is 15.8. The van der Waals surface area contributed by atoms with Crippen LogP contribution in [-0.2, 0) is 0 Å². The van der Waals surface area contributed by atoms with Crippen LogP contribution in [0.2, 0.25) is 0 Å². The second kappa shape index (κ2) is 36.0. The molecule has 0 unspecified atom stereocenters. The van der Waals surface area contributed by atoms with Gasteiger partial charge in [0.15, 0.2) is 11.5 Å². The molecule has 0 radical (unpaired) electrons. The predicted molar refractivity (Wildman–Crippen MR) is 500 cm³/mol. The Morgan fingerprint density at radius 1 is 0.468 bits per heavy atom. The highest BCUT2D eigenvalue weighted by Crippen LogP contribution is 2.37. The van der Waals surface area contributed by atoms with Crippen molar-refractivity contribution in [3.05, 3.63) is 238 Å². The molecule has 6 aliphatic rings. The Kier molecular flexibility index (Phi) is 24.2. The highest BCUT2D eigenvalue weighted by atomic mass is 32.1. The van der Waals surface area contributed by atoms with Crippen LogP contribution in [0.3, 0.4) is 0 Å². The Morgan fingerprint density at radius 2 is 0.895 bits per heavy atom. The number of thiazole rings is 3. The molecule has 0 amide bonds. The van der Waals surface area contributed by atoms with Crippen molar-refractivity contribution >= 4 is 110 Å². The van der Waals surface area contributed by atoms with Gasteiger partial charge in [-0.1, -0.05) is 24.3 Å². The van der Waals surface area contributed by atoms with E-state index in [4.69, 9.17) is 40.2 Å². The Hall–Kier alpha value is -11.5. The maximum Gasteiger partial charge on any atom is 0.258 e. The summed E-state index contributed by atoms with van der Waals surface area (Å²) in [5.74, 6) is 2.92. The first-order valence-electron chi connectivity index (χ1n) is 42.8. The molecule has 0 bridgehead atoms. The molecule has 2 atom stereocenters. The van der Waals surface area contributed by atoms with Gasteiger partial charge in [-0.15, -0.1) is 34.0 Å². The van der Waals surface area contributed by atoms with Crippen molar-refractivity contribution in [3.63, 3.8) is 0 Å². The van der Waals surface area contributed by atoms with Gasteiger partial charge >= 0.3 is 0 Å². The molecule has 638 valence electrons. The second-order valence-corrected chi connectivity index (χ2v) is 37.3. The molecule has 15 aromatic rings. The molecule has 4 N–H and O–H groups in total. The van der Waals surface area contributed by atoms with Gasteiger partial charge < -0.3 is 45.2 Å². The Labute approximate surface area is 729 Å². The SMILES string of the molecule is COc1ccc(-c2cc(=O)n3cc(C4=CCN(CCO)CC4)cc(C)c3n2)cc1OC.Cc1nc2cc(-c3cc(=O)n4cc(N5CCC(N(C)C)CC5)ccc4n3)ccc2s1.Cc1nc2cc(-c3cc(=O)n4cc(N5CCC(N)CC5)ccc4n3)ccc2s1.Cc1nc2cc(-c3cc(=O)n4cc(N5CCC(N6C[C@H]7CNC[C@H]7C6)CC5)ccc4n3)ccc2s1. The molecule has 11 aromatic heterocycles. The average molecular weight is 1720 g/mol. The number of benzene rings is 4. The number of β-amino-alcohol motifs (C(OH)–C–C–N with tert-alkyl or cyclic N) is 1. The number of piperidine rings is 3. The maximum atomic E-state index is 13.1. The van der Waals surface area contributed by atoms with Crippen molar-refractivity contribution in [1.29, 1.82) is 0 Å². The molecule has 17 heterocycles. The highest BCUT2D eigenvalue weighted by Gasteiger charge is 2.40. The van der Waals surface area contributed by atoms with Gasteiger partial charge in [0.05, 0.1) is 106 Å². The van der Waals surface area contributed by atoms with Gasteiger partial charge in [-0.05, 0) is 225 Å². The van der Waals surface area contributed by atoms with Crippen LogP contribution in [0.25, 0.3) is 104 Å². The summed E-state index contributed by atoms with van der Waals surface area (Å²) >= 11 is 5.02. The number of aryl methyl sites for hydroxylation is 4. The zero-order valence-corrected chi connectivity index (χ0v) is 73.7. The summed E-state index contributed by atoms with van der Waals surface area (Å²) in [5.41, 5.74) is 23.8. The molecule has 5 saturated heterocycles. The normalized spacial score (nSPS) is 17.5. The minimum atomic E-state index is -0.127. The van der Waals surface area contributed by atoms with Crippen LogP contribution >= 0.6 is 34.0 Å². The van der Waals surface area contributed by atoms with Gasteiger partial charge in [-0.2, -0.15) is 0 Å². The standard InChI is InChI=1S/C27H30N6OS.C24H27N3O4.C23H25N5OS.C21H21N5OS/c1-17-29-24-10-18(2-4-25(24)35-17)23-11-27(34)33-16-22(3-5-26(33)30-23)31-8-6-21(7-9-31)32-14-19-12-28-13-20(19)15-32;1-16-12-19(17-6-8-26(9-7-17)10-11-28)15-27-23(29)14-20(25-24(16)27)18-4-5-21(30-2)22(13-18)31-3;1-15-24-20-12-16(4-6-21(20)30-15)19-13-23(29)28-14-18(5-7-22(28)25-19)27-10-8-17(9-11-27)26(2)3;1-13-23-18-10-14(2-4-19(18)28-13)17-11-21(27)26-12-16(3-5-20(26)24-17)25-8-6-15(22)7-9-25/h2-5,10-11,16,19-21,28H,6-9,12-15H2,1H3;4-6,12-15,28H,7-11H2,1-3H3;4-7,12-14,17H,8-11H2,1-3H3;2-5,10-12,15H,6-9,22H2,1H3/t19-,20+;;;. The van der Waals surface area contributed by atoms with Gasteiger partial charge in [0.1, 0.15) is 22.6 Å². The number of pyridine rings is 4. The number of fused-ring (bicyclic) bond motifs is 8. The molecule has 29 heteroatoms. The molecule has 21 rings (SSSR count). The quantitative estimate of drug-likeness (QED) is 0.0912. The average Bonchev–Trinajstić information content (AvgIpc) is 0.795. The van der Waals surface area contributed by atoms with E-state index in [-0.39, 0.29) is 34.9 Å². The summed E-state index contributed by atoms with van der Waals surface area (Å²) in [7, 11) is 7.46. The lowest BCUT2D eigenvalue weighted by Gasteiger charge is -2.38. The molecule has 0 aliphatic carbocycles. The van der Waals surface area contributed by atoms with E-state index in [2.05, 4.69) is 100 Å². The highest BCUT2D eigenvalue weighted by molar-refractivity contribution is 7.19. The van der Waals surface area contributed by atoms with E-state index in [9.17, 15) is 19.2 Å². The van der Waals surface area contributed by atoms with Crippen LogP contribution in [-0.4, -0.2) is 210 Å². The van der Waals surface area contributed by atoms with Crippen LogP contribution in [0, 0.1) is 39.5 Å². The summed E-state index contributed by atoms with van der Waals surface area (Å²) in [4.78, 5) is 98.8. The zero-order chi connectivity index (χ0) is 85.6. The summed E-state index contributed by atoms with van der Waals surface area (Å²) in [6, 6.07) is 45.9. The molecule has 6 aliphatic heterocycles. The third-order valence-electron chi connectivity index (χ3n) is 25.2. The van der Waals surface area contributed by atoms with Crippen molar-refractivity contribution < 1.29 is 14.6 Å². The van der Waals surface area contributed by atoms with E-state index in [0.29, 0.717) is 75.5 Å². The van der Waals surface area contributed by atoms with E-state index in [1.807, 2.05) is 137 Å². The maximum absolute atomic E-state index is 13.1. The number of methoxy groups -OCH3 is 2. The number of likely N-dealkylation sites (tertiary alicyclic amines) is 1. The Bertz CT molecular complexity index is 6800. The van der Waals surface area contributed by atoms with Crippen molar-refractivity contribution in [2.24, 2.45) is 17.6 Å². The monoisotopic (exact) mass is 1720 g/mol. The topological polar surface area (TPSA) is 272 Å². The summed E-state index contributed by atoms with van der Waals surface area (Å²) < 4.78 is 20.7. The number of nitrogens with zero attached hydrogens (tertiary/aromatic N) is 17. The van der Waals surface area contributed by atoms with Gasteiger partial charge in [0.25, 0.3) is 22.2 Å². The number of hydrogen-bond donors (Lipinski definition) is 3. The number of aliphatic hydroxyl groups excluding tert-OH is 1. The Balaban J connectivity index is 0.000000113. The van der Waals surface area contributed by atoms with Gasteiger partial charge in [-0.25, -0.2) is 34.9 Å². The number of aliphatic hydroxyl groups is 1. The van der Waals surface area contributed by atoms with Crippen LogP contribution in [0.4, 0.5) is 17.1 Å². The fourth-order valence-electron chi connectivity index (χ4n) is 18.4. The van der Waals surface area contributed by atoms with E-state index in [1.54, 1.807) is 90.1 Å². The number of aromatic nitrogens is 11. The Morgan fingerprint density at radius 3 is 1.33 bits per heavy atom. The van der Waals surface area contributed by atoms with E-state index < -0.39 is 0 Å². The first-order valence-corrected chi connectivity index (χ1v) is 45.3. The number of ether oxygens (including phenoxy) is 2. The van der Waals surface area contributed by atoms with Crippen molar-refractivity contribution in [2.45, 2.75) is 90.8 Å². The molecular formula is C95H103N19O7S3. The van der Waals surface area contributed by atoms with Crippen LogP contribution in [0.15, 0.2) is 190 Å². The molecule has 124 heavy (non-hydrogen) atoms. The summed E-state index contributed by atoms with van der Waals surface area (Å²) in [6.45, 7) is 21.4. The van der Waals surface area contributed by atoms with E-state index in [0.717, 1.165) is 192 Å². The number of nitrogens with two attached hydrogens (primary N) is 1. The van der Waals surface area contributed by atoms with Crippen molar-refractivity contribution in [3.8, 4) is 56.5 Å². The molecule has 4 aromatic carbocycles. The first kappa shape index (κ1) is 83.4. The van der Waals surface area contributed by atoms with Crippen LogP contribution < -0.4 is 57.5 Å². The van der Waals surface area contributed by atoms with Gasteiger partial charge in [0.2, 0.25) is 0 Å². The van der Waals surface area contributed by atoms with Gasteiger partial charge in [0, 0.05) is 161 Å². The first-order chi connectivity index (χ1) is 60.2. The third-order valence-corrected chi connectivity index (χ3v) is 28.1. The molecular weight excluding hydrogens is 1620 g/mol. The number of rotatable bonds is 14. The summed E-state index contributed by atoms with van der Waals surface area (Å²) in [6.07, 6.45) is 17.3. The number of anilines is 3.